The normalized spacial score (nSPS) is 22.9. The predicted octanol–water partition coefficient (Wildman–Crippen LogP) is 1.73. The van der Waals surface area contributed by atoms with Gasteiger partial charge in [0, 0.05) is 0 Å². The van der Waals surface area contributed by atoms with Gasteiger partial charge in [0.15, 0.2) is 0 Å². The summed E-state index contributed by atoms with van der Waals surface area (Å²) in [6, 6.07) is 7.27. The summed E-state index contributed by atoms with van der Waals surface area (Å²) in [5, 5.41) is 7.58. The van der Waals surface area contributed by atoms with Crippen molar-refractivity contribution >= 4 is 54.3 Å². The SMILES string of the molecule is O=C(N[P+]1([O-])NCc2ccccc2N1)C(Cl)(Cl)Cl. The van der Waals surface area contributed by atoms with Crippen molar-refractivity contribution in [3.05, 3.63) is 29.8 Å². The van der Waals surface area contributed by atoms with Crippen LogP contribution in [0.1, 0.15) is 5.56 Å². The molecule has 18 heavy (non-hydrogen) atoms. The highest BCUT2D eigenvalue weighted by molar-refractivity contribution is 7.67. The highest BCUT2D eigenvalue weighted by atomic mass is 35.6. The highest BCUT2D eigenvalue weighted by Crippen LogP contribution is 2.46. The number of anilines is 1. The van der Waals surface area contributed by atoms with Gasteiger partial charge in [-0.3, -0.25) is 4.79 Å². The molecule has 0 radical (unpaired) electrons. The molecular formula is C9H9Cl3N3O2P. The Morgan fingerprint density at radius 2 is 2.06 bits per heavy atom. The molecule has 1 amide bonds. The fourth-order valence-corrected chi connectivity index (χ4v) is 3.42. The number of benzene rings is 1. The van der Waals surface area contributed by atoms with Crippen LogP contribution in [0.4, 0.5) is 5.69 Å². The third kappa shape index (κ3) is 3.18. The lowest BCUT2D eigenvalue weighted by Crippen LogP contribution is -2.48. The van der Waals surface area contributed by atoms with Crippen molar-refractivity contribution in [3.8, 4) is 0 Å². The second-order valence-electron chi connectivity index (χ2n) is 3.65. The van der Waals surface area contributed by atoms with E-state index in [0.717, 1.165) is 5.56 Å². The monoisotopic (exact) mass is 327 g/mol. The standard InChI is InChI=1S/C9H9Cl3N3O2P/c10-9(11,12)8(16)15-18(17)13-5-6-3-1-2-4-7(6)14-18/h1-4H,5H2,(H3,13,14,15,16,17). The predicted molar refractivity (Wildman–Crippen MR) is 72.3 cm³/mol. The van der Waals surface area contributed by atoms with Crippen LogP contribution >= 0.6 is 42.7 Å². The van der Waals surface area contributed by atoms with E-state index in [1.807, 2.05) is 12.1 Å². The second kappa shape index (κ2) is 5.00. The number of fused-ring (bicyclic) bond motifs is 1. The fraction of sp³-hybridized carbons (Fsp3) is 0.222. The summed E-state index contributed by atoms with van der Waals surface area (Å²) in [4.78, 5) is 23.8. The molecule has 1 aromatic rings. The third-order valence-electron chi connectivity index (χ3n) is 2.30. The number of carbonyl (C=O) groups excluding carboxylic acids is 1. The Labute approximate surface area is 119 Å². The van der Waals surface area contributed by atoms with Crippen LogP contribution in [0.3, 0.4) is 0 Å². The maximum atomic E-state index is 12.3. The molecule has 1 aliphatic heterocycles. The van der Waals surface area contributed by atoms with Gasteiger partial charge in [0.05, 0.1) is 12.2 Å². The minimum absolute atomic E-state index is 0.348. The lowest BCUT2D eigenvalue weighted by molar-refractivity contribution is -0.175. The number of halogens is 3. The van der Waals surface area contributed by atoms with E-state index in [1.54, 1.807) is 12.1 Å². The van der Waals surface area contributed by atoms with Crippen LogP contribution in [-0.2, 0) is 11.3 Å². The Balaban J connectivity index is 2.14. The molecule has 0 spiro atoms. The summed E-state index contributed by atoms with van der Waals surface area (Å²) in [7, 11) is -3.35. The Morgan fingerprint density at radius 3 is 2.72 bits per heavy atom. The average Bonchev–Trinajstić information content (AvgIpc) is 2.27. The molecule has 5 nitrogen and oxygen atoms in total. The Kier molecular flexibility index (Phi) is 3.93. The zero-order chi connectivity index (χ0) is 13.4. The van der Waals surface area contributed by atoms with Gasteiger partial charge < -0.3 is 4.89 Å². The van der Waals surface area contributed by atoms with E-state index in [9.17, 15) is 9.69 Å². The fourth-order valence-electron chi connectivity index (χ4n) is 1.46. The maximum absolute atomic E-state index is 12.3. The first kappa shape index (κ1) is 14.1. The van der Waals surface area contributed by atoms with Gasteiger partial charge in [0.1, 0.15) is 0 Å². The molecule has 0 bridgehead atoms. The smallest absolute Gasteiger partial charge is 0.306 e. The van der Waals surface area contributed by atoms with Crippen molar-refractivity contribution < 1.29 is 9.69 Å². The number of hydrogen-bond donors (Lipinski definition) is 3. The van der Waals surface area contributed by atoms with Crippen LogP contribution in [0.2, 0.25) is 0 Å². The van der Waals surface area contributed by atoms with E-state index in [0.29, 0.717) is 12.2 Å². The first-order valence-electron chi connectivity index (χ1n) is 4.91. The summed E-state index contributed by atoms with van der Waals surface area (Å²) in [6.07, 6.45) is 0. The van der Waals surface area contributed by atoms with Gasteiger partial charge in [-0.25, -0.2) is 5.09 Å². The van der Waals surface area contributed by atoms with Gasteiger partial charge in [-0.2, -0.15) is 10.2 Å². The van der Waals surface area contributed by atoms with Crippen LogP contribution in [0, 0.1) is 0 Å². The molecular weight excluding hydrogens is 319 g/mol. The van der Waals surface area contributed by atoms with E-state index < -0.39 is 17.6 Å². The molecule has 2 rings (SSSR count). The number of carbonyl (C=O) groups is 1. The third-order valence-corrected chi connectivity index (χ3v) is 4.50. The molecule has 1 aliphatic rings. The first-order valence-corrected chi connectivity index (χ1v) is 7.75. The number of amides is 1. The van der Waals surface area contributed by atoms with Gasteiger partial charge >= 0.3 is 5.91 Å². The van der Waals surface area contributed by atoms with E-state index >= 15 is 0 Å². The first-order chi connectivity index (χ1) is 8.30. The van der Waals surface area contributed by atoms with Crippen LogP contribution in [-0.4, -0.2) is 9.70 Å². The Morgan fingerprint density at radius 1 is 1.39 bits per heavy atom. The summed E-state index contributed by atoms with van der Waals surface area (Å²) in [5.74, 6) is -0.949. The quantitative estimate of drug-likeness (QED) is 0.542. The summed E-state index contributed by atoms with van der Waals surface area (Å²) < 4.78 is -2.16. The molecule has 0 aliphatic carbocycles. The topological polar surface area (TPSA) is 76.2 Å². The van der Waals surface area contributed by atoms with Gasteiger partial charge in [-0.15, -0.1) is 0 Å². The van der Waals surface area contributed by atoms with Crippen LogP contribution < -0.4 is 20.2 Å². The van der Waals surface area contributed by atoms with E-state index in [-0.39, 0.29) is 0 Å². The molecule has 1 heterocycles. The summed E-state index contributed by atoms with van der Waals surface area (Å²) >= 11 is 16.2. The molecule has 1 atom stereocenters. The zero-order valence-corrected chi connectivity index (χ0v) is 12.1. The van der Waals surface area contributed by atoms with Crippen LogP contribution in [0.15, 0.2) is 24.3 Å². The minimum atomic E-state index is -3.35. The van der Waals surface area contributed by atoms with Crippen LogP contribution in [0.25, 0.3) is 0 Å². The number of hydrogen-bond acceptors (Lipinski definition) is 4. The van der Waals surface area contributed by atoms with Gasteiger partial charge in [0.25, 0.3) is 3.79 Å². The molecule has 9 heteroatoms. The van der Waals surface area contributed by atoms with Crippen molar-refractivity contribution in [2.45, 2.75) is 10.3 Å². The Bertz CT molecular complexity index is 482. The molecule has 1 aromatic carbocycles. The summed E-state index contributed by atoms with van der Waals surface area (Å²) in [5.41, 5.74) is 1.61. The van der Waals surface area contributed by atoms with Crippen molar-refractivity contribution in [2.75, 3.05) is 5.09 Å². The van der Waals surface area contributed by atoms with Crippen molar-refractivity contribution in [2.24, 2.45) is 0 Å². The molecule has 3 N–H and O–H groups in total. The van der Waals surface area contributed by atoms with Gasteiger partial charge in [-0.1, -0.05) is 53.0 Å². The molecule has 98 valence electrons. The van der Waals surface area contributed by atoms with Crippen LogP contribution in [0.5, 0.6) is 0 Å². The number of rotatable bonds is 1. The lowest BCUT2D eigenvalue weighted by atomic mass is 10.2. The average molecular weight is 329 g/mol. The van der Waals surface area contributed by atoms with Crippen molar-refractivity contribution in [1.82, 2.24) is 10.2 Å². The minimum Gasteiger partial charge on any atom is -0.628 e. The number of para-hydroxylation sites is 1. The highest BCUT2D eigenvalue weighted by Gasteiger charge is 2.40. The van der Waals surface area contributed by atoms with E-state index in [2.05, 4.69) is 15.3 Å². The Hall–Kier alpha value is -0.290. The molecule has 0 saturated carbocycles. The lowest BCUT2D eigenvalue weighted by Gasteiger charge is -2.36. The van der Waals surface area contributed by atoms with E-state index in [1.165, 1.54) is 0 Å². The van der Waals surface area contributed by atoms with Crippen molar-refractivity contribution in [1.29, 1.82) is 0 Å². The van der Waals surface area contributed by atoms with Gasteiger partial charge in [-0.05, 0) is 11.6 Å². The summed E-state index contributed by atoms with van der Waals surface area (Å²) in [6.45, 7) is 0.348. The molecule has 0 aromatic heterocycles. The maximum Gasteiger partial charge on any atom is 0.306 e. The molecule has 1 unspecified atom stereocenters. The largest absolute Gasteiger partial charge is 0.628 e. The van der Waals surface area contributed by atoms with E-state index in [4.69, 9.17) is 34.8 Å². The van der Waals surface area contributed by atoms with Gasteiger partial charge in [0.2, 0.25) is 7.94 Å². The molecule has 0 fully saturated rings. The number of alkyl halides is 3. The zero-order valence-electron chi connectivity index (χ0n) is 8.91. The second-order valence-corrected chi connectivity index (χ2v) is 7.92. The molecule has 0 saturated heterocycles. The number of nitrogens with one attached hydrogen (secondary N) is 3. The van der Waals surface area contributed by atoms with Crippen molar-refractivity contribution in [3.63, 3.8) is 0 Å².